The Bertz CT molecular complexity index is 1380. The van der Waals surface area contributed by atoms with E-state index in [1.807, 2.05) is 17.5 Å². The Labute approximate surface area is 200 Å². The van der Waals surface area contributed by atoms with E-state index >= 15 is 0 Å². The number of hydrogen-bond donors (Lipinski definition) is 3. The maximum Gasteiger partial charge on any atom is 0.322 e. The van der Waals surface area contributed by atoms with Crippen LogP contribution in [-0.4, -0.2) is 41.0 Å². The molecule has 0 saturated carbocycles. The summed E-state index contributed by atoms with van der Waals surface area (Å²) >= 11 is 1.49. The number of carboxylic acid groups (broad SMARTS) is 1. The molecule has 4 aromatic rings. The number of aromatic nitrogens is 3. The first-order valence-corrected chi connectivity index (χ1v) is 12.6. The molecule has 4 rings (SSSR count). The Kier molecular flexibility index (Phi) is 6.68. The quantitative estimate of drug-likeness (QED) is 0.319. The molecule has 0 spiro atoms. The summed E-state index contributed by atoms with van der Waals surface area (Å²) in [6.45, 7) is -0.376. The standard InChI is InChI=1S/C23H21N5O4S2/c24-23(34(31,32)21-6-1-2-11-25-21,19-4-3-5-20(28-19)26-13-22(29)30)12-16-7-9-17(10-8-16)18-14-33-15-27-18/h1-11,14-15H,12-13,24H2,(H,26,28)(H,29,30). The normalized spacial score (nSPS) is 13.2. The number of rotatable bonds is 9. The molecule has 1 aromatic carbocycles. The van der Waals surface area contributed by atoms with Crippen LogP contribution in [0.3, 0.4) is 0 Å². The molecule has 11 heteroatoms. The third kappa shape index (κ3) is 4.81. The zero-order chi connectivity index (χ0) is 24.2. The zero-order valence-electron chi connectivity index (χ0n) is 17.8. The van der Waals surface area contributed by atoms with Crippen LogP contribution in [0.5, 0.6) is 0 Å². The van der Waals surface area contributed by atoms with E-state index in [0.29, 0.717) is 5.56 Å². The molecule has 4 N–H and O–H groups in total. The fourth-order valence-corrected chi connectivity index (χ4v) is 5.54. The molecular formula is C23H21N5O4S2. The topological polar surface area (TPSA) is 148 Å². The molecule has 1 unspecified atom stereocenters. The molecule has 0 fully saturated rings. The molecule has 34 heavy (non-hydrogen) atoms. The molecule has 3 aromatic heterocycles. The highest BCUT2D eigenvalue weighted by Crippen LogP contribution is 2.33. The first-order chi connectivity index (χ1) is 16.3. The van der Waals surface area contributed by atoms with Gasteiger partial charge in [-0.15, -0.1) is 11.3 Å². The maximum atomic E-state index is 13.7. The van der Waals surface area contributed by atoms with Crippen molar-refractivity contribution >= 4 is 33.0 Å². The van der Waals surface area contributed by atoms with Crippen LogP contribution in [0.2, 0.25) is 0 Å². The van der Waals surface area contributed by atoms with Crippen molar-refractivity contribution in [2.24, 2.45) is 5.73 Å². The van der Waals surface area contributed by atoms with Crippen LogP contribution in [0.25, 0.3) is 11.3 Å². The number of carbonyl (C=O) groups is 1. The SMILES string of the molecule is NC(Cc1ccc(-c2cscn2)cc1)(c1cccc(NCC(=O)O)n1)S(=O)(=O)c1ccccn1. The number of benzene rings is 1. The van der Waals surface area contributed by atoms with Crippen molar-refractivity contribution in [3.8, 4) is 11.3 Å². The van der Waals surface area contributed by atoms with E-state index < -0.39 is 20.7 Å². The van der Waals surface area contributed by atoms with Crippen molar-refractivity contribution in [3.05, 3.63) is 89.0 Å². The van der Waals surface area contributed by atoms with Crippen LogP contribution in [0.4, 0.5) is 5.82 Å². The van der Waals surface area contributed by atoms with Gasteiger partial charge in [-0.25, -0.2) is 23.4 Å². The first-order valence-electron chi connectivity index (χ1n) is 10.1. The number of nitrogens with zero attached hydrogens (tertiary/aromatic N) is 3. The number of nitrogens with two attached hydrogens (primary N) is 1. The highest BCUT2D eigenvalue weighted by Gasteiger charge is 2.45. The molecule has 0 saturated heterocycles. The Hall–Kier alpha value is -3.67. The Morgan fingerprint density at radius 1 is 1.06 bits per heavy atom. The fraction of sp³-hybridized carbons (Fsp3) is 0.130. The van der Waals surface area contributed by atoms with E-state index in [-0.39, 0.29) is 29.5 Å². The van der Waals surface area contributed by atoms with Crippen LogP contribution >= 0.6 is 11.3 Å². The summed E-state index contributed by atoms with van der Waals surface area (Å²) in [7, 11) is -4.20. The molecule has 0 amide bonds. The van der Waals surface area contributed by atoms with Crippen molar-refractivity contribution in [1.29, 1.82) is 0 Å². The van der Waals surface area contributed by atoms with Gasteiger partial charge in [0.2, 0.25) is 9.84 Å². The van der Waals surface area contributed by atoms with Crippen LogP contribution < -0.4 is 11.1 Å². The predicted octanol–water partition coefficient (Wildman–Crippen LogP) is 2.92. The van der Waals surface area contributed by atoms with Crippen molar-refractivity contribution in [2.75, 3.05) is 11.9 Å². The third-order valence-corrected chi connectivity index (χ3v) is 7.84. The summed E-state index contributed by atoms with van der Waals surface area (Å²) in [6.07, 6.45) is 1.30. The number of aliphatic carboxylic acids is 1. The van der Waals surface area contributed by atoms with Crippen molar-refractivity contribution in [1.82, 2.24) is 15.0 Å². The maximum absolute atomic E-state index is 13.7. The van der Waals surface area contributed by atoms with E-state index in [0.717, 1.165) is 11.3 Å². The summed E-state index contributed by atoms with van der Waals surface area (Å²) in [4.78, 5) is 21.6. The van der Waals surface area contributed by atoms with Crippen LogP contribution in [0.1, 0.15) is 11.3 Å². The highest BCUT2D eigenvalue weighted by molar-refractivity contribution is 7.92. The number of carboxylic acids is 1. The van der Waals surface area contributed by atoms with Gasteiger partial charge in [0.05, 0.1) is 16.9 Å². The molecule has 0 aliphatic rings. The lowest BCUT2D eigenvalue weighted by Gasteiger charge is -2.29. The van der Waals surface area contributed by atoms with Crippen molar-refractivity contribution in [2.45, 2.75) is 16.3 Å². The molecule has 0 aliphatic carbocycles. The van der Waals surface area contributed by atoms with E-state index in [1.165, 1.54) is 29.7 Å². The monoisotopic (exact) mass is 495 g/mol. The van der Waals surface area contributed by atoms with Gasteiger partial charge in [0.15, 0.2) is 9.90 Å². The number of pyridine rings is 2. The number of hydrogen-bond acceptors (Lipinski definition) is 9. The van der Waals surface area contributed by atoms with E-state index in [2.05, 4.69) is 20.3 Å². The summed E-state index contributed by atoms with van der Waals surface area (Å²) < 4.78 is 27.5. The molecule has 174 valence electrons. The minimum Gasteiger partial charge on any atom is -0.480 e. The average molecular weight is 496 g/mol. The number of anilines is 1. The lowest BCUT2D eigenvalue weighted by Crippen LogP contribution is -2.47. The fourth-order valence-electron chi connectivity index (χ4n) is 3.40. The van der Waals surface area contributed by atoms with Gasteiger partial charge in [-0.3, -0.25) is 4.79 Å². The minimum absolute atomic E-state index is 0.0668. The van der Waals surface area contributed by atoms with Gasteiger partial charge in [0.25, 0.3) is 0 Å². The van der Waals surface area contributed by atoms with Gasteiger partial charge < -0.3 is 16.2 Å². The molecule has 1 atom stereocenters. The summed E-state index contributed by atoms with van der Waals surface area (Å²) in [5.74, 6) is -0.877. The van der Waals surface area contributed by atoms with Crippen LogP contribution in [-0.2, 0) is 25.9 Å². The van der Waals surface area contributed by atoms with Gasteiger partial charge in [0.1, 0.15) is 12.4 Å². The lowest BCUT2D eigenvalue weighted by molar-refractivity contribution is -0.134. The van der Waals surface area contributed by atoms with E-state index in [1.54, 1.807) is 41.9 Å². The smallest absolute Gasteiger partial charge is 0.322 e. The number of thiazole rings is 1. The Morgan fingerprint density at radius 3 is 2.50 bits per heavy atom. The summed E-state index contributed by atoms with van der Waals surface area (Å²) in [5.41, 5.74) is 10.9. The zero-order valence-corrected chi connectivity index (χ0v) is 19.5. The second-order valence-corrected chi connectivity index (χ2v) is 10.3. The van der Waals surface area contributed by atoms with Gasteiger partial charge >= 0.3 is 5.97 Å². The molecular weight excluding hydrogens is 474 g/mol. The van der Waals surface area contributed by atoms with Crippen LogP contribution in [0, 0.1) is 0 Å². The van der Waals surface area contributed by atoms with Gasteiger partial charge in [-0.1, -0.05) is 36.4 Å². The summed E-state index contributed by atoms with van der Waals surface area (Å²) in [6, 6.07) is 16.5. The molecule has 0 aliphatic heterocycles. The predicted molar refractivity (Wildman–Crippen MR) is 129 cm³/mol. The van der Waals surface area contributed by atoms with Crippen molar-refractivity contribution < 1.29 is 18.3 Å². The average Bonchev–Trinajstić information content (AvgIpc) is 3.39. The van der Waals surface area contributed by atoms with Gasteiger partial charge in [-0.2, -0.15) is 0 Å². The lowest BCUT2D eigenvalue weighted by atomic mass is 10.0. The van der Waals surface area contributed by atoms with Gasteiger partial charge in [0, 0.05) is 23.6 Å². The molecule has 9 nitrogen and oxygen atoms in total. The summed E-state index contributed by atoms with van der Waals surface area (Å²) in [5, 5.41) is 13.3. The van der Waals surface area contributed by atoms with Crippen LogP contribution in [0.15, 0.2) is 82.8 Å². The first kappa shape index (κ1) is 23.5. The largest absolute Gasteiger partial charge is 0.480 e. The van der Waals surface area contributed by atoms with E-state index in [4.69, 9.17) is 10.8 Å². The molecule has 0 radical (unpaired) electrons. The second kappa shape index (κ2) is 9.67. The molecule has 3 heterocycles. The van der Waals surface area contributed by atoms with E-state index in [9.17, 15) is 13.2 Å². The Morgan fingerprint density at radius 2 is 1.85 bits per heavy atom. The number of nitrogens with one attached hydrogen (secondary N) is 1. The highest BCUT2D eigenvalue weighted by atomic mass is 32.2. The van der Waals surface area contributed by atoms with Crippen molar-refractivity contribution in [3.63, 3.8) is 0 Å². The molecule has 0 bridgehead atoms. The Balaban J connectivity index is 1.76. The number of sulfone groups is 1. The van der Waals surface area contributed by atoms with Gasteiger partial charge in [-0.05, 0) is 29.8 Å². The minimum atomic E-state index is -4.20. The third-order valence-electron chi connectivity index (χ3n) is 5.14. The second-order valence-electron chi connectivity index (χ2n) is 7.46.